The first-order valence-electron chi connectivity index (χ1n) is 13.9. The molecule has 0 fully saturated rings. The highest BCUT2D eigenvalue weighted by atomic mass is 16.3. The van der Waals surface area contributed by atoms with Crippen LogP contribution in [-0.2, 0) is 12.8 Å². The highest BCUT2D eigenvalue weighted by Gasteiger charge is 2.30. The van der Waals surface area contributed by atoms with Crippen LogP contribution in [0.25, 0.3) is 11.1 Å². The minimum Gasteiger partial charge on any atom is -0.388 e. The molecule has 0 spiro atoms. The van der Waals surface area contributed by atoms with Gasteiger partial charge in [0.05, 0.1) is 6.10 Å². The van der Waals surface area contributed by atoms with E-state index < -0.39 is 0 Å². The molecule has 2 aromatic carbocycles. The predicted molar refractivity (Wildman–Crippen MR) is 154 cm³/mol. The minimum atomic E-state index is -0.331. The van der Waals surface area contributed by atoms with Crippen molar-refractivity contribution in [2.75, 3.05) is 24.5 Å². The lowest BCUT2D eigenvalue weighted by atomic mass is 9.86. The van der Waals surface area contributed by atoms with Crippen molar-refractivity contribution in [1.29, 1.82) is 0 Å². The molecular formula is C33H44N2O. The van der Waals surface area contributed by atoms with Gasteiger partial charge in [0.2, 0.25) is 0 Å². The number of anilines is 1. The van der Waals surface area contributed by atoms with Crippen molar-refractivity contribution in [1.82, 2.24) is 4.90 Å². The van der Waals surface area contributed by atoms with Gasteiger partial charge in [0.1, 0.15) is 0 Å². The third kappa shape index (κ3) is 5.68. The highest BCUT2D eigenvalue weighted by molar-refractivity contribution is 5.80. The molecular weight excluding hydrogens is 440 g/mol. The van der Waals surface area contributed by atoms with E-state index in [9.17, 15) is 5.11 Å². The van der Waals surface area contributed by atoms with Gasteiger partial charge in [0.25, 0.3) is 0 Å². The molecule has 192 valence electrons. The molecule has 0 aromatic heterocycles. The summed E-state index contributed by atoms with van der Waals surface area (Å²) in [6, 6.07) is 11.6. The Bertz CT molecular complexity index is 1120. The summed E-state index contributed by atoms with van der Waals surface area (Å²) in [4.78, 5) is 4.74. The molecule has 2 unspecified atom stereocenters. The fraction of sp³-hybridized carbons (Fsp3) is 0.455. The van der Waals surface area contributed by atoms with Gasteiger partial charge in [-0.25, -0.2) is 0 Å². The molecule has 36 heavy (non-hydrogen) atoms. The van der Waals surface area contributed by atoms with Crippen LogP contribution in [0.15, 0.2) is 67.0 Å². The monoisotopic (exact) mass is 484 g/mol. The topological polar surface area (TPSA) is 26.7 Å². The van der Waals surface area contributed by atoms with Gasteiger partial charge in [-0.05, 0) is 130 Å². The number of hydrogen-bond donors (Lipinski definition) is 1. The fourth-order valence-corrected chi connectivity index (χ4v) is 6.07. The van der Waals surface area contributed by atoms with Crippen LogP contribution >= 0.6 is 0 Å². The summed E-state index contributed by atoms with van der Waals surface area (Å²) in [5.74, 6) is 0.555. The first-order chi connectivity index (χ1) is 17.5. The summed E-state index contributed by atoms with van der Waals surface area (Å²) >= 11 is 0. The fourth-order valence-electron chi connectivity index (χ4n) is 6.07. The molecule has 1 N–H and O–H groups in total. The van der Waals surface area contributed by atoms with Gasteiger partial charge in [-0.15, -0.1) is 0 Å². The Morgan fingerprint density at radius 2 is 1.83 bits per heavy atom. The average Bonchev–Trinajstić information content (AvgIpc) is 3.18. The Hall–Kier alpha value is -2.62. The molecule has 3 heteroatoms. The molecule has 2 atom stereocenters. The van der Waals surface area contributed by atoms with Crippen molar-refractivity contribution in [2.24, 2.45) is 0 Å². The van der Waals surface area contributed by atoms with Crippen LogP contribution in [0.1, 0.15) is 87.7 Å². The van der Waals surface area contributed by atoms with Crippen molar-refractivity contribution >= 4 is 5.69 Å². The summed E-state index contributed by atoms with van der Waals surface area (Å²) < 4.78 is 0. The van der Waals surface area contributed by atoms with Crippen molar-refractivity contribution in [3.05, 3.63) is 89.3 Å². The predicted octanol–water partition coefficient (Wildman–Crippen LogP) is 7.91. The maximum Gasteiger partial charge on any atom is 0.0796 e. The van der Waals surface area contributed by atoms with Crippen LogP contribution < -0.4 is 4.90 Å². The molecule has 2 aliphatic rings. The quantitative estimate of drug-likeness (QED) is 0.347. The van der Waals surface area contributed by atoms with E-state index in [2.05, 4.69) is 86.8 Å². The lowest BCUT2D eigenvalue weighted by Gasteiger charge is -2.24. The zero-order valence-corrected chi connectivity index (χ0v) is 22.8. The number of rotatable bonds is 10. The van der Waals surface area contributed by atoms with Crippen LogP contribution in [-0.4, -0.2) is 29.6 Å². The SMILES string of the molecule is C=CC=CN(C=C(C)C)c1ccc2c(c1)-c1c(ccc3c1CCC3O)CCC2CCCN(CC)CC. The maximum absolute atomic E-state index is 10.7. The van der Waals surface area contributed by atoms with Gasteiger partial charge in [-0.2, -0.15) is 0 Å². The van der Waals surface area contributed by atoms with Gasteiger partial charge < -0.3 is 14.9 Å². The number of hydrogen-bond acceptors (Lipinski definition) is 3. The Morgan fingerprint density at radius 3 is 2.56 bits per heavy atom. The number of aliphatic hydroxyl groups excluding tert-OH is 1. The Balaban J connectivity index is 1.80. The van der Waals surface area contributed by atoms with E-state index in [-0.39, 0.29) is 6.10 Å². The number of aryl methyl sites for hydroxylation is 1. The standard InChI is InChI=1S/C33H44N2O/c1-6-9-21-35(23-24(4)5)27-15-17-28-25(11-10-20-34(7-2)8-3)12-13-26-14-16-29-30(18-19-32(29)36)33(26)31(28)22-27/h6,9,14-17,21-23,25,32,36H,1,7-8,10-13,18-20H2,2-5H3. The molecule has 0 amide bonds. The number of allylic oxidation sites excluding steroid dienone is 3. The zero-order chi connectivity index (χ0) is 25.7. The highest BCUT2D eigenvalue weighted by Crippen LogP contribution is 2.47. The molecule has 0 saturated heterocycles. The molecule has 0 saturated carbocycles. The second-order valence-electron chi connectivity index (χ2n) is 10.6. The first-order valence-corrected chi connectivity index (χ1v) is 13.9. The molecule has 3 nitrogen and oxygen atoms in total. The lowest BCUT2D eigenvalue weighted by molar-refractivity contribution is 0.180. The van der Waals surface area contributed by atoms with E-state index in [0.717, 1.165) is 37.9 Å². The molecule has 2 aliphatic carbocycles. The molecule has 0 bridgehead atoms. The van der Waals surface area contributed by atoms with Gasteiger partial charge >= 0.3 is 0 Å². The van der Waals surface area contributed by atoms with Gasteiger partial charge in [-0.3, -0.25) is 0 Å². The van der Waals surface area contributed by atoms with E-state index in [1.54, 1.807) is 0 Å². The van der Waals surface area contributed by atoms with E-state index in [0.29, 0.717) is 5.92 Å². The van der Waals surface area contributed by atoms with E-state index in [1.165, 1.54) is 64.9 Å². The smallest absolute Gasteiger partial charge is 0.0796 e. The Labute approximate surface area is 218 Å². The second kappa shape index (κ2) is 12.1. The van der Waals surface area contributed by atoms with Gasteiger partial charge in [0, 0.05) is 18.1 Å². The van der Waals surface area contributed by atoms with Crippen LogP contribution in [0.2, 0.25) is 0 Å². The summed E-state index contributed by atoms with van der Waals surface area (Å²) in [5.41, 5.74) is 10.6. The van der Waals surface area contributed by atoms with Crippen molar-refractivity contribution in [2.45, 2.75) is 78.2 Å². The van der Waals surface area contributed by atoms with Crippen LogP contribution in [0.5, 0.6) is 0 Å². The van der Waals surface area contributed by atoms with Crippen LogP contribution in [0, 0.1) is 0 Å². The molecule has 0 heterocycles. The van der Waals surface area contributed by atoms with Crippen molar-refractivity contribution < 1.29 is 5.11 Å². The Morgan fingerprint density at radius 1 is 1.06 bits per heavy atom. The molecule has 2 aromatic rings. The van der Waals surface area contributed by atoms with Crippen LogP contribution in [0.4, 0.5) is 5.69 Å². The number of benzene rings is 2. The number of nitrogens with zero attached hydrogens (tertiary/aromatic N) is 2. The molecule has 4 rings (SSSR count). The number of aliphatic hydroxyl groups is 1. The zero-order valence-electron chi connectivity index (χ0n) is 22.8. The summed E-state index contributed by atoms with van der Waals surface area (Å²) in [5, 5.41) is 10.7. The molecule has 0 radical (unpaired) electrons. The van der Waals surface area contributed by atoms with E-state index in [1.807, 2.05) is 12.2 Å². The molecule has 0 aliphatic heterocycles. The lowest BCUT2D eigenvalue weighted by Crippen LogP contribution is -2.24. The van der Waals surface area contributed by atoms with Crippen molar-refractivity contribution in [3.63, 3.8) is 0 Å². The maximum atomic E-state index is 10.7. The summed E-state index contributed by atoms with van der Waals surface area (Å²) in [6.07, 6.45) is 14.3. The Kier molecular flexibility index (Phi) is 8.87. The van der Waals surface area contributed by atoms with Crippen LogP contribution in [0.3, 0.4) is 0 Å². The first kappa shape index (κ1) is 26.4. The summed E-state index contributed by atoms with van der Waals surface area (Å²) in [7, 11) is 0. The van der Waals surface area contributed by atoms with Crippen molar-refractivity contribution in [3.8, 4) is 11.1 Å². The third-order valence-corrected chi connectivity index (χ3v) is 7.97. The van der Waals surface area contributed by atoms with Gasteiger partial charge in [-0.1, -0.05) is 50.3 Å². The minimum absolute atomic E-state index is 0.331. The largest absolute Gasteiger partial charge is 0.388 e. The second-order valence-corrected chi connectivity index (χ2v) is 10.6. The average molecular weight is 485 g/mol. The normalized spacial score (nSPS) is 18.5. The third-order valence-electron chi connectivity index (χ3n) is 7.97. The summed E-state index contributed by atoms with van der Waals surface area (Å²) in [6.45, 7) is 16.1. The van der Waals surface area contributed by atoms with Gasteiger partial charge in [0.15, 0.2) is 0 Å². The number of fused-ring (bicyclic) bond motifs is 5. The van der Waals surface area contributed by atoms with E-state index >= 15 is 0 Å². The van der Waals surface area contributed by atoms with E-state index in [4.69, 9.17) is 0 Å².